The molecule has 1 fully saturated rings. The third-order valence-corrected chi connectivity index (χ3v) is 7.63. The molecule has 0 amide bonds. The van der Waals surface area contributed by atoms with Crippen molar-refractivity contribution in [1.82, 2.24) is 19.2 Å². The number of benzene rings is 1. The van der Waals surface area contributed by atoms with Crippen molar-refractivity contribution in [3.63, 3.8) is 0 Å². The average molecular weight is 445 g/mol. The fourth-order valence-corrected chi connectivity index (χ4v) is 5.71. The molecule has 0 aliphatic carbocycles. The van der Waals surface area contributed by atoms with Crippen molar-refractivity contribution in [2.75, 3.05) is 13.3 Å². The summed E-state index contributed by atoms with van der Waals surface area (Å²) in [6.45, 7) is 3.17. The lowest BCUT2D eigenvalue weighted by atomic mass is 10.1. The Morgan fingerprint density at radius 3 is 2.84 bits per heavy atom. The predicted molar refractivity (Wildman–Crippen MR) is 111 cm³/mol. The molecular weight excluding hydrogens is 420 g/mol. The van der Waals surface area contributed by atoms with E-state index in [0.29, 0.717) is 42.5 Å². The van der Waals surface area contributed by atoms with E-state index in [1.165, 1.54) is 6.20 Å². The van der Waals surface area contributed by atoms with Gasteiger partial charge in [-0.2, -0.15) is 9.40 Å². The predicted octanol–water partition coefficient (Wildman–Crippen LogP) is 3.59. The SMILES string of the molecule is CCn1cc(S(=O)(=O)N2CCCCC[C@H]2c2cc(-c3ccc4c(c3)OCO4)on2)cn1. The van der Waals surface area contributed by atoms with E-state index in [1.54, 1.807) is 15.2 Å². The van der Waals surface area contributed by atoms with Gasteiger partial charge in [-0.1, -0.05) is 18.0 Å². The molecule has 1 aromatic carbocycles. The number of rotatable bonds is 5. The van der Waals surface area contributed by atoms with Gasteiger partial charge in [0.15, 0.2) is 17.3 Å². The molecule has 2 aliphatic heterocycles. The highest BCUT2D eigenvalue weighted by Crippen LogP contribution is 2.38. The van der Waals surface area contributed by atoms with Crippen LogP contribution in [-0.4, -0.2) is 41.0 Å². The van der Waals surface area contributed by atoms with E-state index < -0.39 is 10.0 Å². The molecule has 0 spiro atoms. The average Bonchev–Trinajstić information content (AvgIpc) is 3.51. The number of sulfonamides is 1. The van der Waals surface area contributed by atoms with Crippen LogP contribution in [0.5, 0.6) is 11.5 Å². The summed E-state index contributed by atoms with van der Waals surface area (Å²) >= 11 is 0. The van der Waals surface area contributed by atoms with Crippen molar-refractivity contribution >= 4 is 10.0 Å². The number of ether oxygens (including phenoxy) is 2. The van der Waals surface area contributed by atoms with Crippen molar-refractivity contribution in [2.24, 2.45) is 0 Å². The Bertz CT molecular complexity index is 1190. The fraction of sp³-hybridized carbons (Fsp3) is 0.429. The maximum absolute atomic E-state index is 13.4. The zero-order chi connectivity index (χ0) is 21.4. The first-order valence-electron chi connectivity index (χ1n) is 10.5. The van der Waals surface area contributed by atoms with Gasteiger partial charge < -0.3 is 14.0 Å². The Morgan fingerprint density at radius 2 is 2.00 bits per heavy atom. The van der Waals surface area contributed by atoms with E-state index in [9.17, 15) is 8.42 Å². The topological polar surface area (TPSA) is 99.7 Å². The van der Waals surface area contributed by atoms with Crippen molar-refractivity contribution < 1.29 is 22.4 Å². The highest BCUT2D eigenvalue weighted by molar-refractivity contribution is 7.89. The van der Waals surface area contributed by atoms with Crippen LogP contribution in [-0.2, 0) is 16.6 Å². The van der Waals surface area contributed by atoms with Gasteiger partial charge in [0, 0.05) is 30.9 Å². The summed E-state index contributed by atoms with van der Waals surface area (Å²) in [6, 6.07) is 6.98. The normalized spacial score (nSPS) is 19.5. The molecule has 10 heteroatoms. The van der Waals surface area contributed by atoms with E-state index in [0.717, 1.165) is 24.8 Å². The molecule has 0 unspecified atom stereocenters. The highest BCUT2D eigenvalue weighted by atomic mass is 32.2. The van der Waals surface area contributed by atoms with Crippen LogP contribution in [0.25, 0.3) is 11.3 Å². The molecular formula is C21H24N4O5S. The van der Waals surface area contributed by atoms with E-state index >= 15 is 0 Å². The zero-order valence-corrected chi connectivity index (χ0v) is 18.0. The monoisotopic (exact) mass is 444 g/mol. The summed E-state index contributed by atoms with van der Waals surface area (Å²) in [5.41, 5.74) is 1.41. The van der Waals surface area contributed by atoms with E-state index in [2.05, 4.69) is 10.3 Å². The summed E-state index contributed by atoms with van der Waals surface area (Å²) < 4.78 is 46.5. The van der Waals surface area contributed by atoms with Crippen LogP contribution in [0.1, 0.15) is 44.3 Å². The standard InChI is InChI=1S/C21H24N4O5S/c1-2-24-13-16(12-22-24)31(26,27)25-9-5-3-4-6-18(25)17-11-20(30-23-17)15-7-8-19-21(10-15)29-14-28-19/h7-8,10-13,18H,2-6,9,14H2,1H3/t18-/m0/s1. The molecule has 0 N–H and O–H groups in total. The fourth-order valence-electron chi connectivity index (χ4n) is 4.08. The first-order valence-corrected chi connectivity index (χ1v) is 11.9. The number of fused-ring (bicyclic) bond motifs is 1. The zero-order valence-electron chi connectivity index (χ0n) is 17.2. The van der Waals surface area contributed by atoms with E-state index in [-0.39, 0.29) is 17.7 Å². The molecule has 0 radical (unpaired) electrons. The minimum atomic E-state index is -3.70. The molecule has 1 saturated heterocycles. The molecule has 0 bridgehead atoms. The Labute approximate surface area is 180 Å². The largest absolute Gasteiger partial charge is 0.454 e. The minimum absolute atomic E-state index is 0.198. The molecule has 9 nitrogen and oxygen atoms in total. The molecule has 0 saturated carbocycles. The summed E-state index contributed by atoms with van der Waals surface area (Å²) in [4.78, 5) is 0.209. The number of aryl methyl sites for hydroxylation is 1. The Balaban J connectivity index is 1.47. The van der Waals surface area contributed by atoms with E-state index in [1.807, 2.05) is 31.2 Å². The molecule has 1 atom stereocenters. The van der Waals surface area contributed by atoms with E-state index in [4.69, 9.17) is 14.0 Å². The van der Waals surface area contributed by atoms with Crippen LogP contribution in [0.4, 0.5) is 0 Å². The van der Waals surface area contributed by atoms with Gasteiger partial charge in [-0.05, 0) is 38.0 Å². The molecule has 164 valence electrons. The van der Waals surface area contributed by atoms with Crippen LogP contribution >= 0.6 is 0 Å². The summed E-state index contributed by atoms with van der Waals surface area (Å²) in [5.74, 6) is 1.91. The smallest absolute Gasteiger partial charge is 0.246 e. The molecule has 2 aliphatic rings. The first-order chi connectivity index (χ1) is 15.1. The molecule has 3 aromatic rings. The van der Waals surface area contributed by atoms with Crippen molar-refractivity contribution in [3.05, 3.63) is 42.4 Å². The van der Waals surface area contributed by atoms with Gasteiger partial charge >= 0.3 is 0 Å². The Morgan fingerprint density at radius 1 is 1.13 bits per heavy atom. The quantitative estimate of drug-likeness (QED) is 0.593. The molecule has 5 rings (SSSR count). The van der Waals surface area contributed by atoms with Crippen molar-refractivity contribution in [2.45, 2.75) is 50.1 Å². The van der Waals surface area contributed by atoms with Gasteiger partial charge in [0.25, 0.3) is 0 Å². The minimum Gasteiger partial charge on any atom is -0.454 e. The highest BCUT2D eigenvalue weighted by Gasteiger charge is 2.36. The summed E-state index contributed by atoms with van der Waals surface area (Å²) in [6.07, 6.45) is 6.40. The maximum atomic E-state index is 13.4. The lowest BCUT2D eigenvalue weighted by Crippen LogP contribution is -2.34. The number of hydrogen-bond acceptors (Lipinski definition) is 7. The van der Waals surface area contributed by atoms with Crippen LogP contribution in [0.2, 0.25) is 0 Å². The maximum Gasteiger partial charge on any atom is 0.246 e. The molecule has 4 heterocycles. The van der Waals surface area contributed by atoms with Gasteiger partial charge in [-0.25, -0.2) is 8.42 Å². The third kappa shape index (κ3) is 3.70. The van der Waals surface area contributed by atoms with Crippen LogP contribution in [0.3, 0.4) is 0 Å². The second-order valence-electron chi connectivity index (χ2n) is 7.70. The summed E-state index contributed by atoms with van der Waals surface area (Å²) in [7, 11) is -3.70. The Kier molecular flexibility index (Phi) is 5.19. The second kappa shape index (κ2) is 8.01. The second-order valence-corrected chi connectivity index (χ2v) is 9.59. The Hall–Kier alpha value is -2.85. The number of nitrogens with zero attached hydrogens (tertiary/aromatic N) is 4. The van der Waals surface area contributed by atoms with Crippen molar-refractivity contribution in [3.8, 4) is 22.8 Å². The number of hydrogen-bond donors (Lipinski definition) is 0. The van der Waals surface area contributed by atoms with Gasteiger partial charge in [0.1, 0.15) is 10.6 Å². The van der Waals surface area contributed by atoms with Crippen LogP contribution < -0.4 is 9.47 Å². The van der Waals surface area contributed by atoms with Crippen LogP contribution in [0.15, 0.2) is 46.1 Å². The van der Waals surface area contributed by atoms with Crippen LogP contribution in [0, 0.1) is 0 Å². The van der Waals surface area contributed by atoms with Gasteiger partial charge in [-0.3, -0.25) is 4.68 Å². The van der Waals surface area contributed by atoms with Gasteiger partial charge in [-0.15, -0.1) is 0 Å². The van der Waals surface area contributed by atoms with Gasteiger partial charge in [0.2, 0.25) is 16.8 Å². The first kappa shape index (κ1) is 20.1. The lowest BCUT2D eigenvalue weighted by molar-refractivity contribution is 0.174. The third-order valence-electron chi connectivity index (χ3n) is 5.77. The van der Waals surface area contributed by atoms with Crippen molar-refractivity contribution in [1.29, 1.82) is 0 Å². The molecule has 2 aromatic heterocycles. The lowest BCUT2D eigenvalue weighted by Gasteiger charge is -2.27. The van der Waals surface area contributed by atoms with Gasteiger partial charge in [0.05, 0.1) is 12.2 Å². The summed E-state index contributed by atoms with van der Waals surface area (Å²) in [5, 5.41) is 8.40. The number of aromatic nitrogens is 3. The molecule has 31 heavy (non-hydrogen) atoms.